The second-order valence-corrected chi connectivity index (χ2v) is 8.18. The van der Waals surface area contributed by atoms with Gasteiger partial charge >= 0.3 is 0 Å². The topological polar surface area (TPSA) is 15.7 Å². The van der Waals surface area contributed by atoms with Gasteiger partial charge in [-0.3, -0.25) is 4.90 Å². The average molecular weight is 385 g/mol. The first-order valence-corrected chi connectivity index (χ1v) is 10.7. The highest BCUT2D eigenvalue weighted by molar-refractivity contribution is 5.59. The summed E-state index contributed by atoms with van der Waals surface area (Å²) in [5.74, 6) is 3.43. The highest BCUT2D eigenvalue weighted by Gasteiger charge is 2.39. The maximum absolute atomic E-state index is 6.17. The molecule has 0 N–H and O–H groups in total. The maximum atomic E-state index is 6.17. The van der Waals surface area contributed by atoms with Crippen LogP contribution >= 0.6 is 0 Å². The van der Waals surface area contributed by atoms with E-state index in [-0.39, 0.29) is 0 Å². The van der Waals surface area contributed by atoms with Crippen molar-refractivity contribution in [3.8, 4) is 11.5 Å². The molecule has 2 atom stereocenters. The molecule has 0 bridgehead atoms. The van der Waals surface area contributed by atoms with Gasteiger partial charge in [0.15, 0.2) is 5.75 Å². The van der Waals surface area contributed by atoms with E-state index >= 15 is 0 Å². The van der Waals surface area contributed by atoms with E-state index in [0.717, 1.165) is 49.5 Å². The van der Waals surface area contributed by atoms with Crippen LogP contribution in [0.2, 0.25) is 0 Å². The molecule has 148 valence electrons. The highest BCUT2D eigenvalue weighted by Crippen LogP contribution is 2.47. The molecule has 2 aliphatic rings. The quantitative estimate of drug-likeness (QED) is 0.565. The SMILES string of the molecule is c1ccc(Oc2ccccc2N2CCN(CC3CC3c3ccccc3)CC2)cc1. The molecule has 29 heavy (non-hydrogen) atoms. The largest absolute Gasteiger partial charge is 0.455 e. The van der Waals surface area contributed by atoms with Crippen molar-refractivity contribution in [1.29, 1.82) is 0 Å². The van der Waals surface area contributed by atoms with Crippen molar-refractivity contribution in [2.45, 2.75) is 12.3 Å². The number of anilines is 1. The Morgan fingerprint density at radius 2 is 1.38 bits per heavy atom. The number of rotatable bonds is 6. The first kappa shape index (κ1) is 18.3. The van der Waals surface area contributed by atoms with Crippen molar-refractivity contribution >= 4 is 5.69 Å². The minimum Gasteiger partial charge on any atom is -0.455 e. The summed E-state index contributed by atoms with van der Waals surface area (Å²) >= 11 is 0. The van der Waals surface area contributed by atoms with Gasteiger partial charge in [-0.25, -0.2) is 0 Å². The fourth-order valence-corrected chi connectivity index (χ4v) is 4.48. The van der Waals surface area contributed by atoms with E-state index in [1.807, 2.05) is 30.3 Å². The summed E-state index contributed by atoms with van der Waals surface area (Å²) in [5.41, 5.74) is 2.72. The van der Waals surface area contributed by atoms with Crippen LogP contribution in [-0.2, 0) is 0 Å². The van der Waals surface area contributed by atoms with Crippen LogP contribution in [0.4, 0.5) is 5.69 Å². The van der Waals surface area contributed by atoms with Gasteiger partial charge in [0.25, 0.3) is 0 Å². The lowest BCUT2D eigenvalue weighted by Gasteiger charge is -2.36. The molecule has 2 unspecified atom stereocenters. The molecule has 0 aromatic heterocycles. The molecule has 2 fully saturated rings. The standard InChI is InChI=1S/C26H28N2O/c1-3-9-21(10-4-1)24-19-22(24)20-27-15-17-28(18-16-27)25-13-7-8-14-26(25)29-23-11-5-2-6-12-23/h1-14,22,24H,15-20H2. The predicted octanol–water partition coefficient (Wildman–Crippen LogP) is 5.40. The Labute approximate surface area is 173 Å². The molecule has 3 aromatic rings. The van der Waals surface area contributed by atoms with E-state index in [9.17, 15) is 0 Å². The van der Waals surface area contributed by atoms with E-state index in [2.05, 4.69) is 64.4 Å². The van der Waals surface area contributed by atoms with Crippen molar-refractivity contribution < 1.29 is 4.74 Å². The first-order chi connectivity index (χ1) is 14.4. The summed E-state index contributed by atoms with van der Waals surface area (Å²) in [6.07, 6.45) is 1.35. The molecule has 3 heteroatoms. The molecule has 0 radical (unpaired) electrons. The van der Waals surface area contributed by atoms with Gasteiger partial charge in [0.05, 0.1) is 5.69 Å². The summed E-state index contributed by atoms with van der Waals surface area (Å²) in [6, 6.07) is 29.5. The number of para-hydroxylation sites is 3. The van der Waals surface area contributed by atoms with Gasteiger partial charge < -0.3 is 9.64 Å². The van der Waals surface area contributed by atoms with Gasteiger partial charge in [0.1, 0.15) is 5.75 Å². The smallest absolute Gasteiger partial charge is 0.150 e. The van der Waals surface area contributed by atoms with Crippen molar-refractivity contribution in [3.63, 3.8) is 0 Å². The van der Waals surface area contributed by atoms with Crippen LogP contribution in [0.25, 0.3) is 0 Å². The van der Waals surface area contributed by atoms with Gasteiger partial charge in [0, 0.05) is 32.7 Å². The third-order valence-corrected chi connectivity index (χ3v) is 6.19. The lowest BCUT2D eigenvalue weighted by atomic mass is 10.1. The Kier molecular flexibility index (Phi) is 5.23. The number of ether oxygens (including phenoxy) is 1. The lowest BCUT2D eigenvalue weighted by molar-refractivity contribution is 0.246. The number of hydrogen-bond acceptors (Lipinski definition) is 3. The molecule has 3 nitrogen and oxygen atoms in total. The van der Waals surface area contributed by atoms with Gasteiger partial charge in [0.2, 0.25) is 0 Å². The zero-order valence-corrected chi connectivity index (χ0v) is 16.8. The molecule has 1 aliphatic heterocycles. The Morgan fingerprint density at radius 1 is 0.724 bits per heavy atom. The van der Waals surface area contributed by atoms with Crippen LogP contribution in [-0.4, -0.2) is 37.6 Å². The van der Waals surface area contributed by atoms with Crippen LogP contribution in [0.5, 0.6) is 11.5 Å². The van der Waals surface area contributed by atoms with Crippen molar-refractivity contribution in [2.75, 3.05) is 37.6 Å². The maximum Gasteiger partial charge on any atom is 0.150 e. The van der Waals surface area contributed by atoms with Gasteiger partial charge in [-0.2, -0.15) is 0 Å². The minimum atomic E-state index is 0.772. The second-order valence-electron chi connectivity index (χ2n) is 8.18. The van der Waals surface area contributed by atoms with Crippen LogP contribution < -0.4 is 9.64 Å². The molecule has 1 saturated carbocycles. The molecule has 1 aliphatic carbocycles. The first-order valence-electron chi connectivity index (χ1n) is 10.7. The molecule has 1 saturated heterocycles. The summed E-state index contributed by atoms with van der Waals surface area (Å²) in [7, 11) is 0. The molecule has 3 aromatic carbocycles. The fraction of sp³-hybridized carbons (Fsp3) is 0.308. The minimum absolute atomic E-state index is 0.772. The number of hydrogen-bond donors (Lipinski definition) is 0. The second kappa shape index (κ2) is 8.30. The van der Waals surface area contributed by atoms with E-state index in [1.165, 1.54) is 24.2 Å². The summed E-state index contributed by atoms with van der Waals surface area (Å²) in [6.45, 7) is 5.58. The van der Waals surface area contributed by atoms with E-state index in [1.54, 1.807) is 0 Å². The summed E-state index contributed by atoms with van der Waals surface area (Å²) < 4.78 is 6.17. The van der Waals surface area contributed by atoms with Crippen LogP contribution in [0.1, 0.15) is 17.9 Å². The molecule has 0 amide bonds. The third kappa shape index (κ3) is 4.30. The van der Waals surface area contributed by atoms with E-state index < -0.39 is 0 Å². The monoisotopic (exact) mass is 384 g/mol. The molecular weight excluding hydrogens is 356 g/mol. The third-order valence-electron chi connectivity index (χ3n) is 6.19. The zero-order chi connectivity index (χ0) is 19.5. The molecular formula is C26H28N2O. The number of benzene rings is 3. The Balaban J connectivity index is 1.18. The predicted molar refractivity (Wildman–Crippen MR) is 119 cm³/mol. The van der Waals surface area contributed by atoms with Crippen LogP contribution in [0.15, 0.2) is 84.9 Å². The number of nitrogens with zero attached hydrogens (tertiary/aromatic N) is 2. The van der Waals surface area contributed by atoms with Crippen molar-refractivity contribution in [1.82, 2.24) is 4.90 Å². The van der Waals surface area contributed by atoms with Gasteiger partial charge in [-0.15, -0.1) is 0 Å². The fourth-order valence-electron chi connectivity index (χ4n) is 4.48. The average Bonchev–Trinajstić information content (AvgIpc) is 3.55. The Morgan fingerprint density at radius 3 is 2.14 bits per heavy atom. The number of piperazine rings is 1. The molecule has 0 spiro atoms. The van der Waals surface area contributed by atoms with E-state index in [0.29, 0.717) is 0 Å². The zero-order valence-electron chi connectivity index (χ0n) is 16.8. The lowest BCUT2D eigenvalue weighted by Crippen LogP contribution is -2.47. The molecule has 5 rings (SSSR count). The van der Waals surface area contributed by atoms with Crippen molar-refractivity contribution in [3.05, 3.63) is 90.5 Å². The van der Waals surface area contributed by atoms with Gasteiger partial charge in [-0.1, -0.05) is 60.7 Å². The molecule has 1 heterocycles. The van der Waals surface area contributed by atoms with Crippen molar-refractivity contribution in [2.24, 2.45) is 5.92 Å². The normalized spacial score (nSPS) is 21.7. The van der Waals surface area contributed by atoms with Crippen LogP contribution in [0, 0.1) is 5.92 Å². The Bertz CT molecular complexity index is 920. The van der Waals surface area contributed by atoms with Gasteiger partial charge in [-0.05, 0) is 48.1 Å². The summed E-state index contributed by atoms with van der Waals surface area (Å²) in [4.78, 5) is 5.11. The van der Waals surface area contributed by atoms with Crippen LogP contribution in [0.3, 0.4) is 0 Å². The summed E-state index contributed by atoms with van der Waals surface area (Å²) in [5, 5.41) is 0. The Hall–Kier alpha value is -2.78. The highest BCUT2D eigenvalue weighted by atomic mass is 16.5. The van der Waals surface area contributed by atoms with E-state index in [4.69, 9.17) is 4.74 Å².